The highest BCUT2D eigenvalue weighted by Gasteiger charge is 2.22. The van der Waals surface area contributed by atoms with E-state index in [9.17, 15) is 14.7 Å². The number of para-hydroxylation sites is 1. The summed E-state index contributed by atoms with van der Waals surface area (Å²) in [6, 6.07) is 8.71. The van der Waals surface area contributed by atoms with Gasteiger partial charge in [0.2, 0.25) is 0 Å². The standard InChI is InChI=1S/C23H22N2O5/c1-3-30-21-15(7-5-9-18(21)29-2)12-14-6-4-8-17-20(14)24-19-11-10-16(23(27)28)13-25(19)22(17)26/h5,7,9-13H,3-4,6,8H2,1-2H3,(H,27,28)/b14-12+. The van der Waals surface area contributed by atoms with E-state index < -0.39 is 5.97 Å². The predicted octanol–water partition coefficient (Wildman–Crippen LogP) is 3.68. The maximum atomic E-state index is 13.1. The molecule has 1 N–H and O–H groups in total. The number of carboxylic acids is 1. The Hall–Kier alpha value is -3.61. The molecule has 0 bridgehead atoms. The van der Waals surface area contributed by atoms with Crippen LogP contribution in [0.15, 0.2) is 41.3 Å². The molecule has 1 aliphatic carbocycles. The molecule has 0 saturated heterocycles. The molecule has 154 valence electrons. The third-order valence-electron chi connectivity index (χ3n) is 5.19. The molecule has 2 heterocycles. The number of nitrogens with zero attached hydrogens (tertiary/aromatic N) is 2. The molecule has 2 aromatic heterocycles. The fraction of sp³-hybridized carbons (Fsp3) is 0.261. The molecule has 0 spiro atoms. The van der Waals surface area contributed by atoms with Gasteiger partial charge < -0.3 is 14.6 Å². The Labute approximate surface area is 173 Å². The number of hydrogen-bond acceptors (Lipinski definition) is 5. The minimum atomic E-state index is -1.08. The van der Waals surface area contributed by atoms with E-state index in [2.05, 4.69) is 0 Å². The predicted molar refractivity (Wildman–Crippen MR) is 113 cm³/mol. The van der Waals surface area contributed by atoms with Crippen molar-refractivity contribution in [2.45, 2.75) is 26.2 Å². The molecule has 4 rings (SSSR count). The molecule has 1 aliphatic rings. The minimum Gasteiger partial charge on any atom is -0.493 e. The lowest BCUT2D eigenvalue weighted by atomic mass is 9.90. The summed E-state index contributed by atoms with van der Waals surface area (Å²) in [5, 5.41) is 9.23. The molecule has 30 heavy (non-hydrogen) atoms. The van der Waals surface area contributed by atoms with Crippen LogP contribution in [0.1, 0.15) is 46.9 Å². The first-order chi connectivity index (χ1) is 14.5. The zero-order valence-electron chi connectivity index (χ0n) is 16.8. The van der Waals surface area contributed by atoms with Crippen molar-refractivity contribution >= 4 is 23.3 Å². The summed E-state index contributed by atoms with van der Waals surface area (Å²) in [6.07, 6.45) is 5.54. The Morgan fingerprint density at radius 1 is 1.27 bits per heavy atom. The number of aromatic nitrogens is 2. The van der Waals surface area contributed by atoms with E-state index in [0.29, 0.717) is 41.4 Å². The highest BCUT2D eigenvalue weighted by atomic mass is 16.5. The van der Waals surface area contributed by atoms with E-state index >= 15 is 0 Å². The quantitative estimate of drug-likeness (QED) is 0.695. The van der Waals surface area contributed by atoms with E-state index in [1.54, 1.807) is 13.2 Å². The molecular formula is C23H22N2O5. The van der Waals surface area contributed by atoms with E-state index in [-0.39, 0.29) is 11.1 Å². The van der Waals surface area contributed by atoms with Crippen LogP contribution in [0.25, 0.3) is 17.3 Å². The van der Waals surface area contributed by atoms with Gasteiger partial charge in [0.15, 0.2) is 11.5 Å². The highest BCUT2D eigenvalue weighted by Crippen LogP contribution is 2.36. The number of pyridine rings is 1. The van der Waals surface area contributed by atoms with Crippen LogP contribution in [0.3, 0.4) is 0 Å². The van der Waals surface area contributed by atoms with Crippen molar-refractivity contribution in [3.05, 3.63) is 69.3 Å². The zero-order valence-corrected chi connectivity index (χ0v) is 16.8. The first-order valence-electron chi connectivity index (χ1n) is 9.82. The van der Waals surface area contributed by atoms with E-state index in [1.165, 1.54) is 16.7 Å². The number of carboxylic acid groups (broad SMARTS) is 1. The van der Waals surface area contributed by atoms with Crippen LogP contribution in [0, 0.1) is 0 Å². The smallest absolute Gasteiger partial charge is 0.337 e. The number of carbonyl (C=O) groups is 1. The SMILES string of the molecule is CCOc1c(/C=C2\CCCc3c2nc2ccc(C(=O)O)cn2c3=O)cccc1OC. The van der Waals surface area contributed by atoms with E-state index in [0.717, 1.165) is 24.0 Å². The molecule has 0 fully saturated rings. The molecule has 0 radical (unpaired) electrons. The minimum absolute atomic E-state index is 0.0515. The van der Waals surface area contributed by atoms with Gasteiger partial charge in [-0.2, -0.15) is 0 Å². The second-order valence-electron chi connectivity index (χ2n) is 7.03. The molecule has 0 amide bonds. The van der Waals surface area contributed by atoms with Crippen molar-refractivity contribution < 1.29 is 19.4 Å². The molecule has 7 nitrogen and oxygen atoms in total. The lowest BCUT2D eigenvalue weighted by Crippen LogP contribution is -2.25. The highest BCUT2D eigenvalue weighted by molar-refractivity contribution is 5.88. The molecule has 0 atom stereocenters. The van der Waals surface area contributed by atoms with Crippen molar-refractivity contribution in [1.82, 2.24) is 9.38 Å². The largest absolute Gasteiger partial charge is 0.493 e. The molecule has 0 saturated carbocycles. The Balaban J connectivity index is 1.89. The van der Waals surface area contributed by atoms with Crippen LogP contribution in [0.4, 0.5) is 0 Å². The monoisotopic (exact) mass is 406 g/mol. The van der Waals surface area contributed by atoms with Gasteiger partial charge in [0.05, 0.1) is 25.0 Å². The summed E-state index contributed by atoms with van der Waals surface area (Å²) in [5.74, 6) is 0.226. The van der Waals surface area contributed by atoms with E-state index in [1.807, 2.05) is 31.2 Å². The van der Waals surface area contributed by atoms with Gasteiger partial charge >= 0.3 is 5.97 Å². The van der Waals surface area contributed by atoms with Crippen LogP contribution in [0.5, 0.6) is 11.5 Å². The van der Waals surface area contributed by atoms with Gasteiger partial charge in [0.25, 0.3) is 5.56 Å². The molecular weight excluding hydrogens is 384 g/mol. The number of aromatic carboxylic acids is 1. The molecule has 0 aliphatic heterocycles. The first-order valence-corrected chi connectivity index (χ1v) is 9.82. The Bertz CT molecular complexity index is 1230. The average molecular weight is 406 g/mol. The maximum Gasteiger partial charge on any atom is 0.337 e. The summed E-state index contributed by atoms with van der Waals surface area (Å²) in [6.45, 7) is 2.42. The fourth-order valence-corrected chi connectivity index (χ4v) is 3.80. The average Bonchev–Trinajstić information content (AvgIpc) is 2.75. The van der Waals surface area contributed by atoms with Crippen molar-refractivity contribution in [2.24, 2.45) is 0 Å². The molecule has 1 aromatic carbocycles. The summed E-state index contributed by atoms with van der Waals surface area (Å²) >= 11 is 0. The number of benzene rings is 1. The van der Waals surface area contributed by atoms with Gasteiger partial charge in [0, 0.05) is 17.3 Å². The summed E-state index contributed by atoms with van der Waals surface area (Å²) < 4.78 is 12.6. The normalized spacial score (nSPS) is 14.5. The lowest BCUT2D eigenvalue weighted by molar-refractivity contribution is 0.0696. The van der Waals surface area contributed by atoms with E-state index in [4.69, 9.17) is 14.5 Å². The number of methoxy groups -OCH3 is 1. The summed E-state index contributed by atoms with van der Waals surface area (Å²) in [5.41, 5.74) is 3.34. The molecule has 7 heteroatoms. The number of allylic oxidation sites excluding steroid dienone is 1. The van der Waals surface area contributed by atoms with Gasteiger partial charge in [-0.1, -0.05) is 12.1 Å². The molecule has 3 aromatic rings. The summed E-state index contributed by atoms with van der Waals surface area (Å²) in [7, 11) is 1.60. The zero-order chi connectivity index (χ0) is 21.3. The summed E-state index contributed by atoms with van der Waals surface area (Å²) in [4.78, 5) is 29.0. The third-order valence-corrected chi connectivity index (χ3v) is 5.19. The number of fused-ring (bicyclic) bond motifs is 2. The Morgan fingerprint density at radius 2 is 2.10 bits per heavy atom. The van der Waals surface area contributed by atoms with Crippen LogP contribution >= 0.6 is 0 Å². The third kappa shape index (κ3) is 3.43. The van der Waals surface area contributed by atoms with Gasteiger partial charge in [-0.05, 0) is 56.0 Å². The van der Waals surface area contributed by atoms with Crippen molar-refractivity contribution in [1.29, 1.82) is 0 Å². The van der Waals surface area contributed by atoms with Crippen LogP contribution in [-0.2, 0) is 6.42 Å². The van der Waals surface area contributed by atoms with Gasteiger partial charge in [0.1, 0.15) is 5.65 Å². The first kappa shape index (κ1) is 19.7. The second kappa shape index (κ2) is 8.02. The molecule has 0 unspecified atom stereocenters. The number of hydrogen-bond donors (Lipinski definition) is 1. The van der Waals surface area contributed by atoms with Gasteiger partial charge in [-0.25, -0.2) is 9.78 Å². The van der Waals surface area contributed by atoms with Gasteiger partial charge in [-0.3, -0.25) is 9.20 Å². The van der Waals surface area contributed by atoms with Gasteiger partial charge in [-0.15, -0.1) is 0 Å². The second-order valence-corrected chi connectivity index (χ2v) is 7.03. The Kier molecular flexibility index (Phi) is 5.27. The Morgan fingerprint density at radius 3 is 2.83 bits per heavy atom. The van der Waals surface area contributed by atoms with Crippen molar-refractivity contribution in [2.75, 3.05) is 13.7 Å². The lowest BCUT2D eigenvalue weighted by Gasteiger charge is -2.19. The maximum absolute atomic E-state index is 13.1. The topological polar surface area (TPSA) is 90.1 Å². The van der Waals surface area contributed by atoms with Crippen molar-refractivity contribution in [3.8, 4) is 11.5 Å². The van der Waals surface area contributed by atoms with Crippen molar-refractivity contribution in [3.63, 3.8) is 0 Å². The van der Waals surface area contributed by atoms with Crippen LogP contribution in [-0.4, -0.2) is 34.2 Å². The fourth-order valence-electron chi connectivity index (χ4n) is 3.80. The van der Waals surface area contributed by atoms with Crippen LogP contribution < -0.4 is 15.0 Å². The van der Waals surface area contributed by atoms with Crippen LogP contribution in [0.2, 0.25) is 0 Å². The number of ether oxygens (including phenoxy) is 2. The number of rotatable bonds is 5.